The summed E-state index contributed by atoms with van der Waals surface area (Å²) in [6, 6.07) is -0.152. The number of carbonyl (C=O) groups excluding carboxylic acids is 2. The van der Waals surface area contributed by atoms with Crippen LogP contribution in [0.25, 0.3) is 0 Å². The van der Waals surface area contributed by atoms with Crippen LogP contribution in [0.5, 0.6) is 0 Å². The van der Waals surface area contributed by atoms with Crippen LogP contribution < -0.4 is 5.32 Å². The summed E-state index contributed by atoms with van der Waals surface area (Å²) in [6.45, 7) is 6.41. The van der Waals surface area contributed by atoms with Gasteiger partial charge in [-0.25, -0.2) is 13.2 Å². The summed E-state index contributed by atoms with van der Waals surface area (Å²) >= 11 is 0. The fraction of sp³-hybridized carbons (Fsp3) is 0.867. The lowest BCUT2D eigenvalue weighted by atomic mass is 10.0. The molecule has 132 valence electrons. The number of nitrogens with one attached hydrogen (secondary N) is 1. The smallest absolute Gasteiger partial charge is 0.407 e. The van der Waals surface area contributed by atoms with Gasteiger partial charge in [-0.15, -0.1) is 0 Å². The third-order valence-corrected chi connectivity index (χ3v) is 5.80. The molecule has 0 aromatic carbocycles. The molecule has 2 heterocycles. The number of amides is 2. The zero-order chi connectivity index (χ0) is 17.3. The molecule has 2 saturated heterocycles. The Hall–Kier alpha value is -1.31. The molecule has 0 aromatic heterocycles. The molecule has 2 amide bonds. The first-order chi connectivity index (χ1) is 10.6. The largest absolute Gasteiger partial charge is 0.444 e. The molecule has 2 fully saturated rings. The quantitative estimate of drug-likeness (QED) is 0.803. The number of hydrogen-bond donors (Lipinski definition) is 1. The Morgan fingerprint density at radius 2 is 1.91 bits per heavy atom. The van der Waals surface area contributed by atoms with E-state index in [0.29, 0.717) is 19.5 Å². The molecule has 7 nitrogen and oxygen atoms in total. The van der Waals surface area contributed by atoms with Gasteiger partial charge in [0.25, 0.3) is 0 Å². The number of hydrogen-bond acceptors (Lipinski definition) is 5. The third-order valence-electron chi connectivity index (χ3n) is 4.04. The molecular weight excluding hydrogens is 320 g/mol. The average Bonchev–Trinajstić information content (AvgIpc) is 2.76. The lowest BCUT2D eigenvalue weighted by Crippen LogP contribution is -2.51. The molecule has 8 heteroatoms. The minimum absolute atomic E-state index is 0.0491. The predicted octanol–water partition coefficient (Wildman–Crippen LogP) is 0.937. The van der Waals surface area contributed by atoms with E-state index in [4.69, 9.17) is 4.74 Å². The van der Waals surface area contributed by atoms with Gasteiger partial charge < -0.3 is 15.0 Å². The Bertz CT molecular complexity index is 567. The maximum atomic E-state index is 12.5. The second-order valence-electron chi connectivity index (χ2n) is 7.37. The van der Waals surface area contributed by atoms with Crippen molar-refractivity contribution in [1.29, 1.82) is 0 Å². The van der Waals surface area contributed by atoms with Crippen molar-refractivity contribution in [3.8, 4) is 0 Å². The Balaban J connectivity index is 1.88. The highest BCUT2D eigenvalue weighted by molar-refractivity contribution is 7.91. The van der Waals surface area contributed by atoms with Gasteiger partial charge in [-0.3, -0.25) is 4.79 Å². The topological polar surface area (TPSA) is 92.8 Å². The van der Waals surface area contributed by atoms with Crippen LogP contribution in [0.1, 0.15) is 40.0 Å². The Kier molecular flexibility index (Phi) is 5.23. The number of ether oxygens (including phenoxy) is 1. The molecule has 0 bridgehead atoms. The van der Waals surface area contributed by atoms with Crippen molar-refractivity contribution in [2.75, 3.05) is 24.6 Å². The molecule has 2 aliphatic rings. The van der Waals surface area contributed by atoms with Crippen molar-refractivity contribution < 1.29 is 22.7 Å². The van der Waals surface area contributed by atoms with Gasteiger partial charge in [-0.1, -0.05) is 0 Å². The molecule has 0 radical (unpaired) electrons. The molecule has 2 rings (SSSR count). The normalized spacial score (nSPS) is 27.5. The maximum Gasteiger partial charge on any atom is 0.407 e. The molecular formula is C15H26N2O5S. The van der Waals surface area contributed by atoms with Crippen molar-refractivity contribution in [2.45, 2.75) is 51.7 Å². The molecule has 0 spiro atoms. The number of likely N-dealkylation sites (tertiary alicyclic amines) is 1. The highest BCUT2D eigenvalue weighted by Crippen LogP contribution is 2.23. The van der Waals surface area contributed by atoms with E-state index in [-0.39, 0.29) is 23.5 Å². The average molecular weight is 346 g/mol. The lowest BCUT2D eigenvalue weighted by Gasteiger charge is -2.34. The van der Waals surface area contributed by atoms with E-state index < -0.39 is 27.4 Å². The van der Waals surface area contributed by atoms with Gasteiger partial charge in [0.2, 0.25) is 5.91 Å². The van der Waals surface area contributed by atoms with E-state index in [1.165, 1.54) is 0 Å². The summed E-state index contributed by atoms with van der Waals surface area (Å²) in [5.41, 5.74) is -0.563. The standard InChI is InChI=1S/C15H26N2O5S/c1-15(2,3)22-14(19)16-12-5-4-7-17(9-12)13(18)11-6-8-23(20,21)10-11/h11-12H,4-10H2,1-3H3,(H,16,19)/t11-,12+/m0/s1. The fourth-order valence-corrected chi connectivity index (χ4v) is 4.75. The van der Waals surface area contributed by atoms with Gasteiger partial charge in [0, 0.05) is 19.1 Å². The first kappa shape index (κ1) is 18.0. The third kappa shape index (κ3) is 5.37. The van der Waals surface area contributed by atoms with Crippen LogP contribution in [-0.4, -0.2) is 61.6 Å². The summed E-state index contributed by atoms with van der Waals surface area (Å²) in [7, 11) is -3.07. The number of piperidine rings is 1. The molecule has 2 aliphatic heterocycles. The van der Waals surface area contributed by atoms with E-state index in [1.807, 2.05) is 0 Å². The van der Waals surface area contributed by atoms with Crippen LogP contribution in [0.2, 0.25) is 0 Å². The summed E-state index contributed by atoms with van der Waals surface area (Å²) in [6.07, 6.45) is 1.49. The molecule has 0 aromatic rings. The van der Waals surface area contributed by atoms with Crippen molar-refractivity contribution >= 4 is 21.8 Å². The van der Waals surface area contributed by atoms with Gasteiger partial charge in [0.05, 0.1) is 17.4 Å². The van der Waals surface area contributed by atoms with Crippen LogP contribution >= 0.6 is 0 Å². The van der Waals surface area contributed by atoms with Crippen LogP contribution in [0, 0.1) is 5.92 Å². The van der Waals surface area contributed by atoms with E-state index in [1.54, 1.807) is 25.7 Å². The van der Waals surface area contributed by atoms with Crippen LogP contribution in [-0.2, 0) is 19.4 Å². The van der Waals surface area contributed by atoms with Gasteiger partial charge in [0.1, 0.15) is 5.60 Å². The van der Waals surface area contributed by atoms with Crippen LogP contribution in [0.4, 0.5) is 4.79 Å². The van der Waals surface area contributed by atoms with E-state index in [9.17, 15) is 18.0 Å². The number of alkyl carbamates (subject to hydrolysis) is 1. The Morgan fingerprint density at radius 3 is 2.48 bits per heavy atom. The minimum atomic E-state index is -3.07. The predicted molar refractivity (Wildman–Crippen MR) is 85.7 cm³/mol. The highest BCUT2D eigenvalue weighted by atomic mass is 32.2. The number of carbonyl (C=O) groups is 2. The Morgan fingerprint density at radius 1 is 1.22 bits per heavy atom. The zero-order valence-electron chi connectivity index (χ0n) is 14.0. The second-order valence-corrected chi connectivity index (χ2v) is 9.60. The number of rotatable bonds is 2. The van der Waals surface area contributed by atoms with Crippen molar-refractivity contribution in [3.05, 3.63) is 0 Å². The van der Waals surface area contributed by atoms with E-state index in [0.717, 1.165) is 12.8 Å². The summed E-state index contributed by atoms with van der Waals surface area (Å²) in [5, 5.41) is 2.79. The van der Waals surface area contributed by atoms with E-state index >= 15 is 0 Å². The van der Waals surface area contributed by atoms with Crippen LogP contribution in [0.15, 0.2) is 0 Å². The van der Waals surface area contributed by atoms with Gasteiger partial charge in [-0.05, 0) is 40.0 Å². The van der Waals surface area contributed by atoms with Gasteiger partial charge >= 0.3 is 6.09 Å². The van der Waals surface area contributed by atoms with Gasteiger partial charge in [0.15, 0.2) is 9.84 Å². The first-order valence-electron chi connectivity index (χ1n) is 8.04. The summed E-state index contributed by atoms with van der Waals surface area (Å²) in [4.78, 5) is 26.0. The number of nitrogens with zero attached hydrogens (tertiary/aromatic N) is 1. The molecule has 0 unspecified atom stereocenters. The van der Waals surface area contributed by atoms with Crippen molar-refractivity contribution in [3.63, 3.8) is 0 Å². The summed E-state index contributed by atoms with van der Waals surface area (Å²) < 4.78 is 28.3. The SMILES string of the molecule is CC(C)(C)OC(=O)N[C@@H]1CCCN(C(=O)[C@H]2CCS(=O)(=O)C2)C1. The molecule has 2 atom stereocenters. The van der Waals surface area contributed by atoms with Crippen molar-refractivity contribution in [1.82, 2.24) is 10.2 Å². The lowest BCUT2D eigenvalue weighted by molar-refractivity contribution is -0.136. The van der Waals surface area contributed by atoms with Gasteiger partial charge in [-0.2, -0.15) is 0 Å². The highest BCUT2D eigenvalue weighted by Gasteiger charge is 2.37. The molecule has 0 aliphatic carbocycles. The molecule has 0 saturated carbocycles. The van der Waals surface area contributed by atoms with E-state index in [2.05, 4.69) is 5.32 Å². The zero-order valence-corrected chi connectivity index (χ0v) is 14.8. The minimum Gasteiger partial charge on any atom is -0.444 e. The summed E-state index contributed by atoms with van der Waals surface area (Å²) in [5.74, 6) is -0.495. The Labute approximate surface area is 137 Å². The monoisotopic (exact) mass is 346 g/mol. The first-order valence-corrected chi connectivity index (χ1v) is 9.86. The van der Waals surface area contributed by atoms with Crippen molar-refractivity contribution in [2.24, 2.45) is 5.92 Å². The molecule has 1 N–H and O–H groups in total. The second kappa shape index (κ2) is 6.67. The maximum absolute atomic E-state index is 12.5. The molecule has 23 heavy (non-hydrogen) atoms. The fourth-order valence-electron chi connectivity index (χ4n) is 3.02. The van der Waals surface area contributed by atoms with Crippen LogP contribution in [0.3, 0.4) is 0 Å². The number of sulfone groups is 1.